The highest BCUT2D eigenvalue weighted by molar-refractivity contribution is 7.13. The Balaban J connectivity index is 1.02. The topological polar surface area (TPSA) is 6.48 Å². The van der Waals surface area contributed by atoms with E-state index in [0.717, 1.165) is 41.3 Å². The molecule has 3 aliphatic rings. The molecule has 318 valence electrons. The molecule has 3 heteroatoms. The number of para-hydroxylation sites is 2. The number of benzene rings is 8. The first-order chi connectivity index (χ1) is 32.5. The van der Waals surface area contributed by atoms with Crippen LogP contribution in [0.3, 0.4) is 0 Å². The van der Waals surface area contributed by atoms with Crippen LogP contribution in [-0.2, 0) is 5.41 Å². The summed E-state index contributed by atoms with van der Waals surface area (Å²) in [6, 6.07) is 75.8. The van der Waals surface area contributed by atoms with Gasteiger partial charge in [0.15, 0.2) is 8.07 Å². The van der Waals surface area contributed by atoms with Gasteiger partial charge in [0.2, 0.25) is 0 Å². The Labute approximate surface area is 390 Å². The third-order valence-corrected chi connectivity index (χ3v) is 18.7. The number of hydrogen-bond donors (Lipinski definition) is 0. The van der Waals surface area contributed by atoms with Crippen LogP contribution in [-0.4, -0.2) is 8.07 Å². The van der Waals surface area contributed by atoms with Crippen molar-refractivity contribution in [1.82, 2.24) is 0 Å². The van der Waals surface area contributed by atoms with E-state index in [-0.39, 0.29) is 5.41 Å². The molecule has 0 amide bonds. The molecule has 2 nitrogen and oxygen atoms in total. The Morgan fingerprint density at radius 1 is 0.424 bits per heavy atom. The maximum Gasteiger partial charge on any atom is 0.179 e. The third-order valence-electron chi connectivity index (χ3n) is 13.9. The van der Waals surface area contributed by atoms with Crippen molar-refractivity contribution in [3.05, 3.63) is 288 Å². The molecule has 0 fully saturated rings. The summed E-state index contributed by atoms with van der Waals surface area (Å²) >= 11 is 0. The van der Waals surface area contributed by atoms with Gasteiger partial charge in [-0.2, -0.15) is 0 Å². The van der Waals surface area contributed by atoms with Gasteiger partial charge in [0.25, 0.3) is 0 Å². The van der Waals surface area contributed by atoms with Crippen molar-refractivity contribution in [1.29, 1.82) is 0 Å². The maximum atomic E-state index is 2.53. The summed E-state index contributed by atoms with van der Waals surface area (Å²) < 4.78 is 0. The maximum absolute atomic E-state index is 2.92. The van der Waals surface area contributed by atoms with E-state index >= 15 is 0 Å². The molecule has 0 saturated heterocycles. The van der Waals surface area contributed by atoms with Crippen LogP contribution in [0.15, 0.2) is 277 Å². The smallest absolute Gasteiger partial charge is 0.179 e. The van der Waals surface area contributed by atoms with Gasteiger partial charge in [0.1, 0.15) is 0 Å². The summed E-state index contributed by atoms with van der Waals surface area (Å²) in [6.45, 7) is 4.73. The average molecular weight is 865 g/mol. The normalized spacial score (nSPS) is 15.1. The predicted octanol–water partition coefficient (Wildman–Crippen LogP) is 15.0. The zero-order valence-corrected chi connectivity index (χ0v) is 38.6. The first kappa shape index (κ1) is 41.0. The van der Waals surface area contributed by atoms with E-state index in [0.29, 0.717) is 0 Å². The van der Waals surface area contributed by atoms with Crippen LogP contribution in [0.1, 0.15) is 37.8 Å². The Kier molecular flexibility index (Phi) is 10.8. The van der Waals surface area contributed by atoms with Crippen LogP contribution < -0.4 is 20.2 Å². The highest BCUT2D eigenvalue weighted by Gasteiger charge is 2.43. The minimum atomic E-state index is -2.92. The Hall–Kier alpha value is -7.72. The molecule has 0 aliphatic heterocycles. The average Bonchev–Trinajstić information content (AvgIpc) is 3.65. The lowest BCUT2D eigenvalue weighted by Gasteiger charge is -2.36. The van der Waals surface area contributed by atoms with Crippen molar-refractivity contribution < 1.29 is 0 Å². The molecular formula is C63H52N2Si. The lowest BCUT2D eigenvalue weighted by molar-refractivity contribution is 0.660. The van der Waals surface area contributed by atoms with Crippen LogP contribution in [0.4, 0.5) is 22.7 Å². The fourth-order valence-corrected chi connectivity index (χ4v) is 15.6. The summed E-state index contributed by atoms with van der Waals surface area (Å²) in [5, 5.41) is 7.95. The number of hydrogen-bond acceptors (Lipinski definition) is 2. The van der Waals surface area contributed by atoms with Crippen LogP contribution in [0.25, 0.3) is 21.9 Å². The Morgan fingerprint density at radius 2 is 0.985 bits per heavy atom. The number of anilines is 4. The summed E-state index contributed by atoms with van der Waals surface area (Å²) in [4.78, 5) is 4.88. The van der Waals surface area contributed by atoms with Crippen molar-refractivity contribution in [3.63, 3.8) is 0 Å². The van der Waals surface area contributed by atoms with Gasteiger partial charge >= 0.3 is 0 Å². The summed E-state index contributed by atoms with van der Waals surface area (Å²) in [5.74, 6) is 0. The molecule has 0 spiro atoms. The van der Waals surface area contributed by atoms with E-state index in [1.807, 2.05) is 0 Å². The highest BCUT2D eigenvalue weighted by atomic mass is 28.3. The van der Waals surface area contributed by atoms with E-state index in [1.54, 1.807) is 0 Å². The standard InChI is InChI=1S/C63H52N2Si/c1-63(2)61-36-18-17-35-59(61)60-44-41-54(46-62(60)63)65(50-25-9-4-10-26-50)52-28-20-34-58(43-40-52)66(55-29-11-5-12-30-55,56-31-13-6-14-32-56)57-33-19-27-51(39-42-57)64(49-23-7-3-8-24-49)53-38-37-47-21-15-16-22-48(47)45-53/h3-19,21-38,40-46H,20,39H2,1-2H3. The van der Waals surface area contributed by atoms with Gasteiger partial charge in [0.05, 0.1) is 0 Å². The van der Waals surface area contributed by atoms with Gasteiger partial charge in [-0.1, -0.05) is 208 Å². The van der Waals surface area contributed by atoms with E-state index in [2.05, 4.69) is 279 Å². The largest absolute Gasteiger partial charge is 0.314 e. The number of rotatable bonds is 10. The zero-order chi connectivity index (χ0) is 44.5. The second-order valence-electron chi connectivity index (χ2n) is 18.0. The molecule has 0 atom stereocenters. The second-order valence-corrected chi connectivity index (χ2v) is 21.8. The first-order valence-electron chi connectivity index (χ1n) is 23.2. The Morgan fingerprint density at radius 3 is 1.70 bits per heavy atom. The summed E-state index contributed by atoms with van der Waals surface area (Å²) in [6.07, 6.45) is 20.9. The molecular weight excluding hydrogens is 813 g/mol. The second kappa shape index (κ2) is 17.3. The van der Waals surface area contributed by atoms with E-state index < -0.39 is 8.07 Å². The van der Waals surface area contributed by atoms with Gasteiger partial charge in [-0.3, -0.25) is 0 Å². The van der Waals surface area contributed by atoms with Crippen molar-refractivity contribution in [3.8, 4) is 11.1 Å². The Bertz CT molecular complexity index is 3220. The van der Waals surface area contributed by atoms with Gasteiger partial charge in [-0.15, -0.1) is 0 Å². The quantitative estimate of drug-likeness (QED) is 0.126. The van der Waals surface area contributed by atoms with Crippen LogP contribution in [0.2, 0.25) is 0 Å². The molecule has 0 bridgehead atoms. The molecule has 66 heavy (non-hydrogen) atoms. The van der Waals surface area contributed by atoms with Gasteiger partial charge in [-0.25, -0.2) is 0 Å². The fraction of sp³-hybridized carbons (Fsp3) is 0.0794. The van der Waals surface area contributed by atoms with Crippen LogP contribution in [0.5, 0.6) is 0 Å². The highest BCUT2D eigenvalue weighted by Crippen LogP contribution is 2.50. The minimum Gasteiger partial charge on any atom is -0.314 e. The minimum absolute atomic E-state index is 0.106. The molecule has 0 aromatic heterocycles. The van der Waals surface area contributed by atoms with Gasteiger partial charge in [-0.05, 0) is 121 Å². The molecule has 0 saturated carbocycles. The van der Waals surface area contributed by atoms with Gasteiger partial charge in [0, 0.05) is 46.0 Å². The lowest BCUT2D eigenvalue weighted by Crippen LogP contribution is -2.61. The molecule has 8 aromatic carbocycles. The van der Waals surface area contributed by atoms with Crippen molar-refractivity contribution >= 4 is 52.0 Å². The fourth-order valence-electron chi connectivity index (χ4n) is 10.7. The molecule has 0 heterocycles. The van der Waals surface area contributed by atoms with Crippen molar-refractivity contribution in [2.45, 2.75) is 32.1 Å². The third kappa shape index (κ3) is 7.22. The summed E-state index contributed by atoms with van der Waals surface area (Å²) in [5.41, 5.74) is 12.3. The number of nitrogens with zero attached hydrogens (tertiary/aromatic N) is 2. The molecule has 11 rings (SSSR count). The number of fused-ring (bicyclic) bond motifs is 4. The predicted molar refractivity (Wildman–Crippen MR) is 283 cm³/mol. The first-order valence-corrected chi connectivity index (χ1v) is 25.2. The van der Waals surface area contributed by atoms with E-state index in [9.17, 15) is 0 Å². The lowest BCUT2D eigenvalue weighted by atomic mass is 9.82. The molecule has 8 aromatic rings. The van der Waals surface area contributed by atoms with Crippen LogP contribution >= 0.6 is 0 Å². The molecule has 0 unspecified atom stereocenters. The monoisotopic (exact) mass is 864 g/mol. The summed E-state index contributed by atoms with van der Waals surface area (Å²) in [7, 11) is -2.92. The molecule has 0 N–H and O–H groups in total. The zero-order valence-electron chi connectivity index (χ0n) is 37.6. The van der Waals surface area contributed by atoms with E-state index in [4.69, 9.17) is 0 Å². The molecule has 3 aliphatic carbocycles. The number of allylic oxidation sites excluding steroid dienone is 10. The SMILES string of the molecule is CC1(C)c2ccccc2-c2ccc(N(C3=CCC=C([Si](C4=CCC(N(c5ccccc5)c5ccc6ccccc6c5)=CC=C4)(c4ccccc4)c4ccccc4)C=C3)c3ccccc3)cc21. The van der Waals surface area contributed by atoms with Gasteiger partial charge < -0.3 is 9.80 Å². The van der Waals surface area contributed by atoms with Crippen LogP contribution in [0, 0.1) is 0 Å². The van der Waals surface area contributed by atoms with Crippen molar-refractivity contribution in [2.75, 3.05) is 9.80 Å². The molecule has 0 radical (unpaired) electrons. The van der Waals surface area contributed by atoms with Crippen molar-refractivity contribution in [2.24, 2.45) is 0 Å². The van der Waals surface area contributed by atoms with E-state index in [1.165, 1.54) is 59.5 Å².